The van der Waals surface area contributed by atoms with Crippen molar-refractivity contribution in [2.24, 2.45) is 0 Å². The number of aromatic nitrogens is 2. The van der Waals surface area contributed by atoms with Gasteiger partial charge >= 0.3 is 0 Å². The van der Waals surface area contributed by atoms with Gasteiger partial charge < -0.3 is 9.80 Å². The van der Waals surface area contributed by atoms with Crippen molar-refractivity contribution in [3.8, 4) is 0 Å². The fourth-order valence-electron chi connectivity index (χ4n) is 4.58. The molecular weight excluding hydrogens is 354 g/mol. The van der Waals surface area contributed by atoms with Crippen LogP contribution in [-0.4, -0.2) is 75.8 Å². The molecule has 0 saturated carbocycles. The molecule has 7 nitrogen and oxygen atoms in total. The fourth-order valence-corrected chi connectivity index (χ4v) is 4.58. The van der Waals surface area contributed by atoms with Gasteiger partial charge in [0.1, 0.15) is 5.82 Å². The molecule has 0 N–H and O–H groups in total. The van der Waals surface area contributed by atoms with Crippen LogP contribution >= 0.6 is 0 Å². The number of hydrogen-bond acceptors (Lipinski definition) is 5. The Morgan fingerprint density at radius 3 is 2.57 bits per heavy atom. The first kappa shape index (κ1) is 19.3. The monoisotopic (exact) mass is 385 g/mol. The van der Waals surface area contributed by atoms with Crippen LogP contribution in [-0.2, 0) is 22.6 Å². The van der Waals surface area contributed by atoms with Gasteiger partial charge in [0.05, 0.1) is 12.2 Å². The molecule has 3 aliphatic heterocycles. The summed E-state index contributed by atoms with van der Waals surface area (Å²) in [5, 5.41) is 0. The highest BCUT2D eigenvalue weighted by molar-refractivity contribution is 5.78. The van der Waals surface area contributed by atoms with Gasteiger partial charge in [0.25, 0.3) is 0 Å². The second-order valence-corrected chi connectivity index (χ2v) is 8.41. The topological polar surface area (TPSA) is 69.6 Å². The van der Waals surface area contributed by atoms with Crippen molar-refractivity contribution in [2.45, 2.75) is 57.9 Å². The molecule has 1 atom stereocenters. The molecule has 152 valence electrons. The lowest BCUT2D eigenvalue weighted by Gasteiger charge is -2.30. The number of carbonyl (C=O) groups excluding carboxylic acids is 2. The Kier molecular flexibility index (Phi) is 5.90. The summed E-state index contributed by atoms with van der Waals surface area (Å²) in [7, 11) is 0. The van der Waals surface area contributed by atoms with Crippen molar-refractivity contribution in [1.82, 2.24) is 24.7 Å². The van der Waals surface area contributed by atoms with Crippen LogP contribution in [0.4, 0.5) is 0 Å². The van der Waals surface area contributed by atoms with Crippen molar-refractivity contribution in [3.63, 3.8) is 0 Å². The summed E-state index contributed by atoms with van der Waals surface area (Å²) in [6, 6.07) is 0. The molecule has 4 rings (SSSR count). The van der Waals surface area contributed by atoms with Gasteiger partial charge in [-0.2, -0.15) is 0 Å². The molecular formula is C21H31N5O2. The third-order valence-electron chi connectivity index (χ3n) is 6.36. The van der Waals surface area contributed by atoms with E-state index in [1.165, 1.54) is 25.7 Å². The van der Waals surface area contributed by atoms with Crippen LogP contribution in [0.5, 0.6) is 0 Å². The normalized spacial score (nSPS) is 23.4. The molecule has 1 aromatic heterocycles. The maximum Gasteiger partial charge on any atom is 0.237 e. The van der Waals surface area contributed by atoms with E-state index in [0.717, 1.165) is 56.1 Å². The Hall–Kier alpha value is -2.02. The third kappa shape index (κ3) is 4.35. The largest absolute Gasteiger partial charge is 0.342 e. The minimum Gasteiger partial charge on any atom is -0.342 e. The molecule has 4 heterocycles. The second-order valence-electron chi connectivity index (χ2n) is 8.41. The maximum absolute atomic E-state index is 12.8. The Bertz CT molecular complexity index is 730. The van der Waals surface area contributed by atoms with E-state index in [4.69, 9.17) is 4.98 Å². The first-order chi connectivity index (χ1) is 13.6. The standard InChI is InChI=1S/C21H31N5O2/c1-16(27)25-10-6-17(13-25)21-22-12-18-14-26(11-7-19(18)23-21)20(28)15-24-8-4-2-3-5-9-24/h12,17H,2-11,13-15H2,1H3/t17-/m0/s1. The minimum absolute atomic E-state index is 0.124. The number of likely N-dealkylation sites (tertiary alicyclic amines) is 2. The molecule has 1 aromatic rings. The van der Waals surface area contributed by atoms with Gasteiger partial charge in [0.2, 0.25) is 11.8 Å². The summed E-state index contributed by atoms with van der Waals surface area (Å²) in [4.78, 5) is 39.9. The molecule has 0 unspecified atom stereocenters. The lowest BCUT2D eigenvalue weighted by molar-refractivity contribution is -0.133. The Morgan fingerprint density at radius 2 is 1.86 bits per heavy atom. The zero-order valence-corrected chi connectivity index (χ0v) is 16.9. The fraction of sp³-hybridized carbons (Fsp3) is 0.714. The molecule has 2 saturated heterocycles. The number of fused-ring (bicyclic) bond motifs is 1. The van der Waals surface area contributed by atoms with Crippen LogP contribution < -0.4 is 0 Å². The van der Waals surface area contributed by atoms with E-state index in [0.29, 0.717) is 19.6 Å². The molecule has 0 aliphatic carbocycles. The van der Waals surface area contributed by atoms with E-state index in [-0.39, 0.29) is 17.7 Å². The average Bonchev–Trinajstić information content (AvgIpc) is 3.07. The summed E-state index contributed by atoms with van der Waals surface area (Å²) in [6.07, 6.45) is 8.60. The van der Waals surface area contributed by atoms with Gasteiger partial charge in [-0.25, -0.2) is 9.97 Å². The molecule has 2 fully saturated rings. The summed E-state index contributed by atoms with van der Waals surface area (Å²) in [5.74, 6) is 1.44. The van der Waals surface area contributed by atoms with E-state index in [1.807, 2.05) is 16.0 Å². The SMILES string of the molecule is CC(=O)N1CC[C@H](c2ncc3c(n2)CCN(C(=O)CN2CCCCCC2)C3)C1. The highest BCUT2D eigenvalue weighted by Gasteiger charge is 2.29. The van der Waals surface area contributed by atoms with E-state index < -0.39 is 0 Å². The summed E-state index contributed by atoms with van der Waals surface area (Å²) >= 11 is 0. The number of carbonyl (C=O) groups is 2. The van der Waals surface area contributed by atoms with Crippen LogP contribution in [0.3, 0.4) is 0 Å². The molecule has 0 bridgehead atoms. The average molecular weight is 386 g/mol. The van der Waals surface area contributed by atoms with Gasteiger partial charge in [-0.05, 0) is 32.4 Å². The quantitative estimate of drug-likeness (QED) is 0.790. The predicted octanol–water partition coefficient (Wildman–Crippen LogP) is 1.57. The van der Waals surface area contributed by atoms with Crippen LogP contribution in [0.15, 0.2) is 6.20 Å². The van der Waals surface area contributed by atoms with Gasteiger partial charge in [0.15, 0.2) is 0 Å². The van der Waals surface area contributed by atoms with Crippen molar-refractivity contribution < 1.29 is 9.59 Å². The lowest BCUT2D eigenvalue weighted by Crippen LogP contribution is -2.43. The van der Waals surface area contributed by atoms with Crippen molar-refractivity contribution >= 4 is 11.8 Å². The zero-order valence-electron chi connectivity index (χ0n) is 16.9. The molecule has 3 aliphatic rings. The van der Waals surface area contributed by atoms with Gasteiger partial charge in [-0.15, -0.1) is 0 Å². The van der Waals surface area contributed by atoms with Crippen molar-refractivity contribution in [2.75, 3.05) is 39.3 Å². The van der Waals surface area contributed by atoms with Crippen LogP contribution in [0, 0.1) is 0 Å². The molecule has 0 aromatic carbocycles. The number of amides is 2. The summed E-state index contributed by atoms with van der Waals surface area (Å²) < 4.78 is 0. The molecule has 0 spiro atoms. The van der Waals surface area contributed by atoms with Gasteiger partial charge in [-0.1, -0.05) is 12.8 Å². The maximum atomic E-state index is 12.8. The lowest BCUT2D eigenvalue weighted by atomic mass is 10.0. The second kappa shape index (κ2) is 8.55. The Balaban J connectivity index is 1.36. The van der Waals surface area contributed by atoms with Crippen molar-refractivity contribution in [1.29, 1.82) is 0 Å². The van der Waals surface area contributed by atoms with E-state index in [1.54, 1.807) is 6.92 Å². The van der Waals surface area contributed by atoms with Crippen LogP contribution in [0.1, 0.15) is 62.0 Å². The third-order valence-corrected chi connectivity index (χ3v) is 6.36. The minimum atomic E-state index is 0.124. The Labute approximate surface area is 167 Å². The van der Waals surface area contributed by atoms with Crippen LogP contribution in [0.25, 0.3) is 0 Å². The molecule has 2 amide bonds. The number of nitrogens with zero attached hydrogens (tertiary/aromatic N) is 5. The zero-order chi connectivity index (χ0) is 19.5. The van der Waals surface area contributed by atoms with Gasteiger partial charge in [0, 0.05) is 57.2 Å². The van der Waals surface area contributed by atoms with E-state index in [2.05, 4.69) is 9.88 Å². The first-order valence-electron chi connectivity index (χ1n) is 10.7. The highest BCUT2D eigenvalue weighted by atomic mass is 16.2. The summed E-state index contributed by atoms with van der Waals surface area (Å²) in [5.41, 5.74) is 2.14. The Morgan fingerprint density at radius 1 is 1.07 bits per heavy atom. The molecule has 0 radical (unpaired) electrons. The molecule has 28 heavy (non-hydrogen) atoms. The van der Waals surface area contributed by atoms with E-state index >= 15 is 0 Å². The highest BCUT2D eigenvalue weighted by Crippen LogP contribution is 2.26. The first-order valence-corrected chi connectivity index (χ1v) is 10.7. The van der Waals surface area contributed by atoms with Crippen LogP contribution in [0.2, 0.25) is 0 Å². The number of hydrogen-bond donors (Lipinski definition) is 0. The van der Waals surface area contributed by atoms with Gasteiger partial charge in [-0.3, -0.25) is 14.5 Å². The smallest absolute Gasteiger partial charge is 0.237 e. The predicted molar refractivity (Wildman–Crippen MR) is 106 cm³/mol. The van der Waals surface area contributed by atoms with E-state index in [9.17, 15) is 9.59 Å². The van der Waals surface area contributed by atoms with Crippen molar-refractivity contribution in [3.05, 3.63) is 23.3 Å². The number of rotatable bonds is 3. The molecule has 7 heteroatoms. The summed E-state index contributed by atoms with van der Waals surface area (Å²) in [6.45, 7) is 7.11.